The van der Waals surface area contributed by atoms with Gasteiger partial charge in [0.2, 0.25) is 5.95 Å². The van der Waals surface area contributed by atoms with E-state index in [0.29, 0.717) is 36.0 Å². The quantitative estimate of drug-likeness (QED) is 0.505. The van der Waals surface area contributed by atoms with Crippen LogP contribution in [-0.2, 0) is 19.4 Å². The van der Waals surface area contributed by atoms with Gasteiger partial charge in [-0.05, 0) is 37.0 Å². The highest BCUT2D eigenvalue weighted by Gasteiger charge is 2.21. The summed E-state index contributed by atoms with van der Waals surface area (Å²) in [6.07, 6.45) is 4.15. The van der Waals surface area contributed by atoms with E-state index in [-0.39, 0.29) is 17.3 Å². The Morgan fingerprint density at radius 2 is 2.13 bits per heavy atom. The minimum Gasteiger partial charge on any atom is -0.365 e. The van der Waals surface area contributed by atoms with E-state index in [2.05, 4.69) is 31.0 Å². The van der Waals surface area contributed by atoms with Gasteiger partial charge in [-0.15, -0.1) is 0 Å². The van der Waals surface area contributed by atoms with Crippen LogP contribution in [0, 0.1) is 0 Å². The molecule has 0 unspecified atom stereocenters. The number of rotatable bonds is 5. The highest BCUT2D eigenvalue weighted by Crippen LogP contribution is 2.28. The number of carbonyl (C=O) groups is 2. The molecule has 10 heteroatoms. The van der Waals surface area contributed by atoms with Crippen molar-refractivity contribution in [2.24, 2.45) is 5.73 Å². The second-order valence-corrected chi connectivity index (χ2v) is 7.26. The molecule has 30 heavy (non-hydrogen) atoms. The lowest BCUT2D eigenvalue weighted by atomic mass is 9.98. The van der Waals surface area contributed by atoms with Gasteiger partial charge in [0.25, 0.3) is 11.8 Å². The Morgan fingerprint density at radius 3 is 2.97 bits per heavy atom. The van der Waals surface area contributed by atoms with Crippen molar-refractivity contribution in [2.75, 3.05) is 17.2 Å². The highest BCUT2D eigenvalue weighted by atomic mass is 16.2. The Hall–Kier alpha value is -3.95. The first kappa shape index (κ1) is 18.1. The summed E-state index contributed by atoms with van der Waals surface area (Å²) in [6.45, 7) is 1.45. The fourth-order valence-electron chi connectivity index (χ4n) is 3.86. The van der Waals surface area contributed by atoms with Gasteiger partial charge < -0.3 is 21.7 Å². The SMILES string of the molecule is NC(=O)c1cnc(Nc2cc3n(n2)CCC3)nc1Nc1cccc2c1CCNC2=O. The first-order valence-corrected chi connectivity index (χ1v) is 9.76. The van der Waals surface area contributed by atoms with Gasteiger partial charge in [0, 0.05) is 42.3 Å². The van der Waals surface area contributed by atoms with Gasteiger partial charge in [-0.25, -0.2) is 4.98 Å². The van der Waals surface area contributed by atoms with E-state index in [9.17, 15) is 9.59 Å². The number of anilines is 4. The number of carbonyl (C=O) groups excluding carboxylic acids is 2. The number of fused-ring (bicyclic) bond motifs is 2. The van der Waals surface area contributed by atoms with Crippen LogP contribution in [0.15, 0.2) is 30.5 Å². The number of hydrogen-bond acceptors (Lipinski definition) is 7. The van der Waals surface area contributed by atoms with Gasteiger partial charge in [-0.2, -0.15) is 10.1 Å². The molecule has 2 amide bonds. The van der Waals surface area contributed by atoms with Gasteiger partial charge in [0.1, 0.15) is 11.4 Å². The Bertz CT molecular complexity index is 1150. The molecular weight excluding hydrogens is 384 g/mol. The van der Waals surface area contributed by atoms with Crippen molar-refractivity contribution >= 4 is 35.1 Å². The number of aryl methyl sites for hydroxylation is 2. The molecule has 10 nitrogen and oxygen atoms in total. The zero-order valence-corrected chi connectivity index (χ0v) is 16.1. The van der Waals surface area contributed by atoms with Gasteiger partial charge in [0.05, 0.1) is 0 Å². The molecular formula is C20H20N8O2. The van der Waals surface area contributed by atoms with Crippen molar-refractivity contribution in [2.45, 2.75) is 25.8 Å². The molecule has 2 aromatic heterocycles. The summed E-state index contributed by atoms with van der Waals surface area (Å²) in [5.74, 6) is 0.449. The summed E-state index contributed by atoms with van der Waals surface area (Å²) in [7, 11) is 0. The number of primary amides is 1. The summed E-state index contributed by atoms with van der Waals surface area (Å²) < 4.78 is 1.96. The minimum absolute atomic E-state index is 0.118. The molecule has 0 atom stereocenters. The van der Waals surface area contributed by atoms with E-state index in [1.165, 1.54) is 11.9 Å². The Kier molecular flexibility index (Phi) is 4.31. The summed E-state index contributed by atoms with van der Waals surface area (Å²) >= 11 is 0. The number of amides is 2. The number of aromatic nitrogens is 4. The van der Waals surface area contributed by atoms with Gasteiger partial charge in [-0.3, -0.25) is 14.3 Å². The summed E-state index contributed by atoms with van der Waals surface area (Å²) in [5, 5.41) is 13.6. The van der Waals surface area contributed by atoms with Crippen molar-refractivity contribution in [1.29, 1.82) is 0 Å². The minimum atomic E-state index is -0.646. The monoisotopic (exact) mass is 404 g/mol. The Morgan fingerprint density at radius 1 is 1.23 bits per heavy atom. The number of benzene rings is 1. The van der Waals surface area contributed by atoms with Crippen LogP contribution < -0.4 is 21.7 Å². The van der Waals surface area contributed by atoms with Crippen LogP contribution in [0.2, 0.25) is 0 Å². The third kappa shape index (κ3) is 3.21. The summed E-state index contributed by atoms with van der Waals surface area (Å²) in [4.78, 5) is 32.7. The molecule has 0 spiro atoms. The molecule has 0 bridgehead atoms. The van der Waals surface area contributed by atoms with Crippen molar-refractivity contribution in [3.63, 3.8) is 0 Å². The van der Waals surface area contributed by atoms with E-state index in [4.69, 9.17) is 5.73 Å². The standard InChI is InChI=1S/C20H20N8O2/c21-17(29)14-10-23-20(25-16-9-11-3-2-8-28(11)27-16)26-18(14)24-15-5-1-4-13-12(15)6-7-22-19(13)30/h1,4-5,9-10H,2-3,6-8H2,(H2,21,29)(H,22,30)(H2,23,24,25,26,27). The zero-order chi connectivity index (χ0) is 20.7. The fraction of sp³-hybridized carbons (Fsp3) is 0.250. The molecule has 5 N–H and O–H groups in total. The average molecular weight is 404 g/mol. The Labute approximate surface area is 171 Å². The molecule has 3 aromatic rings. The van der Waals surface area contributed by atoms with Crippen molar-refractivity contribution in [3.05, 3.63) is 52.8 Å². The van der Waals surface area contributed by atoms with Crippen LogP contribution in [0.4, 0.5) is 23.3 Å². The van der Waals surface area contributed by atoms with Crippen LogP contribution in [0.5, 0.6) is 0 Å². The van der Waals surface area contributed by atoms with Crippen LogP contribution in [-0.4, -0.2) is 38.1 Å². The largest absolute Gasteiger partial charge is 0.365 e. The van der Waals surface area contributed by atoms with E-state index in [0.717, 1.165) is 24.9 Å². The first-order chi connectivity index (χ1) is 14.6. The second-order valence-electron chi connectivity index (χ2n) is 7.26. The highest BCUT2D eigenvalue weighted by molar-refractivity contribution is 6.00. The van der Waals surface area contributed by atoms with Crippen LogP contribution in [0.1, 0.15) is 38.4 Å². The lowest BCUT2D eigenvalue weighted by Gasteiger charge is -2.20. The van der Waals surface area contributed by atoms with E-state index in [1.807, 2.05) is 16.8 Å². The topological polar surface area (TPSA) is 140 Å². The molecule has 5 rings (SSSR count). The molecule has 0 saturated heterocycles. The first-order valence-electron chi connectivity index (χ1n) is 9.76. The molecule has 152 valence electrons. The third-order valence-electron chi connectivity index (χ3n) is 5.29. The normalized spacial score (nSPS) is 14.6. The summed E-state index contributed by atoms with van der Waals surface area (Å²) in [5.41, 5.74) is 9.02. The zero-order valence-electron chi connectivity index (χ0n) is 16.1. The molecule has 0 fully saturated rings. The molecule has 2 aliphatic heterocycles. The molecule has 2 aliphatic rings. The number of nitrogens with zero attached hydrogens (tertiary/aromatic N) is 4. The van der Waals surface area contributed by atoms with Crippen molar-refractivity contribution in [1.82, 2.24) is 25.1 Å². The average Bonchev–Trinajstić information content (AvgIpc) is 3.30. The fourth-order valence-corrected chi connectivity index (χ4v) is 3.86. The van der Waals surface area contributed by atoms with Gasteiger partial charge in [-0.1, -0.05) is 6.07 Å². The van der Waals surface area contributed by atoms with E-state index >= 15 is 0 Å². The maximum Gasteiger partial charge on any atom is 0.254 e. The van der Waals surface area contributed by atoms with Crippen LogP contribution in [0.25, 0.3) is 0 Å². The van der Waals surface area contributed by atoms with Crippen molar-refractivity contribution < 1.29 is 9.59 Å². The number of nitrogens with two attached hydrogens (primary N) is 1. The predicted molar refractivity (Wildman–Crippen MR) is 110 cm³/mol. The maximum atomic E-state index is 12.1. The van der Waals surface area contributed by atoms with Gasteiger partial charge >= 0.3 is 0 Å². The summed E-state index contributed by atoms with van der Waals surface area (Å²) in [6, 6.07) is 7.37. The van der Waals surface area contributed by atoms with E-state index < -0.39 is 5.91 Å². The molecule has 4 heterocycles. The number of hydrogen-bond donors (Lipinski definition) is 4. The molecule has 0 aliphatic carbocycles. The maximum absolute atomic E-state index is 12.1. The van der Waals surface area contributed by atoms with E-state index in [1.54, 1.807) is 12.1 Å². The smallest absolute Gasteiger partial charge is 0.254 e. The Balaban J connectivity index is 1.48. The molecule has 1 aromatic carbocycles. The third-order valence-corrected chi connectivity index (χ3v) is 5.29. The molecule has 0 radical (unpaired) electrons. The van der Waals surface area contributed by atoms with Crippen LogP contribution >= 0.6 is 0 Å². The van der Waals surface area contributed by atoms with Gasteiger partial charge in [0.15, 0.2) is 5.82 Å². The number of nitrogens with one attached hydrogen (secondary N) is 3. The molecule has 0 saturated carbocycles. The second kappa shape index (κ2) is 7.14. The van der Waals surface area contributed by atoms with Crippen LogP contribution in [0.3, 0.4) is 0 Å². The lowest BCUT2D eigenvalue weighted by Crippen LogP contribution is -2.32. The predicted octanol–water partition coefficient (Wildman–Crippen LogP) is 1.49. The van der Waals surface area contributed by atoms with Crippen molar-refractivity contribution in [3.8, 4) is 0 Å². The lowest BCUT2D eigenvalue weighted by molar-refractivity contribution is 0.0944.